The van der Waals surface area contributed by atoms with Crippen LogP contribution >= 0.6 is 11.6 Å². The Morgan fingerprint density at radius 3 is 2.79 bits per heavy atom. The molecule has 0 aliphatic rings. The van der Waals surface area contributed by atoms with E-state index in [2.05, 4.69) is 6.92 Å². The van der Waals surface area contributed by atoms with Crippen molar-refractivity contribution >= 4 is 23.3 Å². The summed E-state index contributed by atoms with van der Waals surface area (Å²) in [7, 11) is 0. The van der Waals surface area contributed by atoms with Crippen molar-refractivity contribution in [3.63, 3.8) is 0 Å². The van der Waals surface area contributed by atoms with Crippen LogP contribution in [0.2, 0.25) is 5.02 Å². The summed E-state index contributed by atoms with van der Waals surface area (Å²) >= 11 is 5.95. The molecule has 4 heteroatoms. The quantitative estimate of drug-likeness (QED) is 0.491. The van der Waals surface area contributed by atoms with Crippen LogP contribution in [0.25, 0.3) is 0 Å². The second kappa shape index (κ2) is 7.39. The highest BCUT2D eigenvalue weighted by Gasteiger charge is 2.17. The van der Waals surface area contributed by atoms with Gasteiger partial charge in [-0.2, -0.15) is 0 Å². The van der Waals surface area contributed by atoms with E-state index >= 15 is 0 Å². The van der Waals surface area contributed by atoms with Gasteiger partial charge in [-0.3, -0.25) is 4.79 Å². The van der Waals surface area contributed by atoms with Crippen LogP contribution in [-0.4, -0.2) is 12.6 Å². The molecule has 0 radical (unpaired) electrons. The van der Waals surface area contributed by atoms with Crippen LogP contribution in [0.4, 0.5) is 5.69 Å². The zero-order chi connectivity index (χ0) is 14.4. The summed E-state index contributed by atoms with van der Waals surface area (Å²) in [6.07, 6.45) is 2.55. The summed E-state index contributed by atoms with van der Waals surface area (Å²) in [5, 5.41) is 0.555. The minimum Gasteiger partial charge on any atom is -0.465 e. The fourth-order valence-corrected chi connectivity index (χ4v) is 2.04. The first-order valence-corrected chi connectivity index (χ1v) is 7.05. The molecular formula is C15H22ClNO2. The normalized spacial score (nSPS) is 12.2. The van der Waals surface area contributed by atoms with Crippen LogP contribution < -0.4 is 5.73 Å². The Bertz CT molecular complexity index is 446. The van der Waals surface area contributed by atoms with E-state index in [0.717, 1.165) is 24.0 Å². The smallest absolute Gasteiger partial charge is 0.308 e. The lowest BCUT2D eigenvalue weighted by atomic mass is 9.96. The Morgan fingerprint density at radius 1 is 1.47 bits per heavy atom. The molecule has 3 nitrogen and oxygen atoms in total. The molecule has 1 rings (SSSR count). The monoisotopic (exact) mass is 283 g/mol. The van der Waals surface area contributed by atoms with E-state index in [1.165, 1.54) is 0 Å². The van der Waals surface area contributed by atoms with E-state index in [0.29, 0.717) is 23.7 Å². The molecule has 0 amide bonds. The molecule has 0 unspecified atom stereocenters. The van der Waals surface area contributed by atoms with Gasteiger partial charge in [-0.1, -0.05) is 37.9 Å². The highest BCUT2D eigenvalue weighted by molar-refractivity contribution is 6.33. The number of esters is 1. The highest BCUT2D eigenvalue weighted by Crippen LogP contribution is 2.26. The van der Waals surface area contributed by atoms with Crippen LogP contribution in [0, 0.1) is 12.8 Å². The molecule has 1 aromatic carbocycles. The summed E-state index contributed by atoms with van der Waals surface area (Å²) in [6.45, 7) is 6.36. The molecule has 19 heavy (non-hydrogen) atoms. The van der Waals surface area contributed by atoms with Gasteiger partial charge in [0.05, 0.1) is 23.2 Å². The molecule has 0 heterocycles. The lowest BCUT2D eigenvalue weighted by molar-refractivity contribution is -0.148. The van der Waals surface area contributed by atoms with E-state index in [1.54, 1.807) is 6.07 Å². The number of unbranched alkanes of at least 4 members (excludes halogenated alkanes) is 1. The highest BCUT2D eigenvalue weighted by atomic mass is 35.5. The standard InChI is InChI=1S/C15H22ClNO2/c1-4-5-8-19-15(18)10(2)9-12-6-7-13(16)14(17)11(12)3/h6-7,10H,4-5,8-9,17H2,1-3H3/t10-/m1/s1. The van der Waals surface area contributed by atoms with Crippen LogP contribution in [0.15, 0.2) is 12.1 Å². The number of carbonyl (C=O) groups excluding carboxylic acids is 1. The minimum absolute atomic E-state index is 0.152. The Kier molecular flexibility index (Phi) is 6.16. The summed E-state index contributed by atoms with van der Waals surface area (Å²) in [5.74, 6) is -0.322. The van der Waals surface area contributed by atoms with Gasteiger partial charge in [0.1, 0.15) is 0 Å². The van der Waals surface area contributed by atoms with Crippen LogP contribution in [0.5, 0.6) is 0 Å². The maximum Gasteiger partial charge on any atom is 0.308 e. The molecule has 2 N–H and O–H groups in total. The number of carbonyl (C=O) groups is 1. The first-order valence-electron chi connectivity index (χ1n) is 6.67. The molecule has 0 aromatic heterocycles. The third-order valence-electron chi connectivity index (χ3n) is 3.24. The largest absolute Gasteiger partial charge is 0.465 e. The first-order chi connectivity index (χ1) is 8.97. The predicted octanol–water partition coefficient (Wildman–Crippen LogP) is 3.75. The third-order valence-corrected chi connectivity index (χ3v) is 3.57. The molecule has 0 saturated heterocycles. The number of anilines is 1. The molecule has 0 aliphatic carbocycles. The Hall–Kier alpha value is -1.22. The number of rotatable bonds is 6. The van der Waals surface area contributed by atoms with E-state index < -0.39 is 0 Å². The Labute approximate surface area is 120 Å². The summed E-state index contributed by atoms with van der Waals surface area (Å²) in [6, 6.07) is 3.69. The van der Waals surface area contributed by atoms with E-state index in [9.17, 15) is 4.79 Å². The molecule has 1 aromatic rings. The predicted molar refractivity (Wildman–Crippen MR) is 79.3 cm³/mol. The molecule has 0 fully saturated rings. The zero-order valence-corrected chi connectivity index (χ0v) is 12.6. The maximum atomic E-state index is 11.8. The fraction of sp³-hybridized carbons (Fsp3) is 0.533. The topological polar surface area (TPSA) is 52.3 Å². The van der Waals surface area contributed by atoms with Gasteiger partial charge < -0.3 is 10.5 Å². The minimum atomic E-state index is -0.170. The third kappa shape index (κ3) is 4.43. The lowest BCUT2D eigenvalue weighted by Crippen LogP contribution is -2.18. The van der Waals surface area contributed by atoms with Gasteiger partial charge in [-0.15, -0.1) is 0 Å². The van der Waals surface area contributed by atoms with Crippen molar-refractivity contribution in [3.05, 3.63) is 28.3 Å². The summed E-state index contributed by atoms with van der Waals surface area (Å²) in [4.78, 5) is 11.8. The second-order valence-corrected chi connectivity index (χ2v) is 5.28. The van der Waals surface area contributed by atoms with Crippen LogP contribution in [0.3, 0.4) is 0 Å². The van der Waals surface area contributed by atoms with Gasteiger partial charge in [0.25, 0.3) is 0 Å². The first kappa shape index (κ1) is 15.8. The second-order valence-electron chi connectivity index (χ2n) is 4.87. The van der Waals surface area contributed by atoms with Crippen molar-refractivity contribution in [2.24, 2.45) is 5.92 Å². The van der Waals surface area contributed by atoms with Gasteiger partial charge in [0.2, 0.25) is 0 Å². The van der Waals surface area contributed by atoms with Crippen LogP contribution in [0.1, 0.15) is 37.8 Å². The van der Waals surface area contributed by atoms with Crippen molar-refractivity contribution < 1.29 is 9.53 Å². The molecule has 0 bridgehead atoms. The lowest BCUT2D eigenvalue weighted by Gasteiger charge is -2.14. The number of benzene rings is 1. The van der Waals surface area contributed by atoms with E-state index in [1.807, 2.05) is 19.9 Å². The molecule has 0 spiro atoms. The number of hydrogen-bond acceptors (Lipinski definition) is 3. The SMILES string of the molecule is CCCCOC(=O)[C@H](C)Cc1ccc(Cl)c(N)c1C. The number of nitrogens with two attached hydrogens (primary N) is 1. The number of nitrogen functional groups attached to an aromatic ring is 1. The van der Waals surface area contributed by atoms with Crippen LogP contribution in [-0.2, 0) is 16.0 Å². The molecular weight excluding hydrogens is 262 g/mol. The molecule has 0 aliphatic heterocycles. The Balaban J connectivity index is 2.64. The number of ether oxygens (including phenoxy) is 1. The van der Waals surface area contributed by atoms with Gasteiger partial charge >= 0.3 is 5.97 Å². The average Bonchev–Trinajstić information content (AvgIpc) is 2.39. The van der Waals surface area contributed by atoms with Crippen molar-refractivity contribution in [2.45, 2.75) is 40.0 Å². The molecule has 106 valence electrons. The zero-order valence-electron chi connectivity index (χ0n) is 11.8. The number of hydrogen-bond donors (Lipinski definition) is 1. The number of halogens is 1. The molecule has 0 saturated carbocycles. The van der Waals surface area contributed by atoms with E-state index in [4.69, 9.17) is 22.1 Å². The Morgan fingerprint density at radius 2 is 2.16 bits per heavy atom. The van der Waals surface area contributed by atoms with E-state index in [-0.39, 0.29) is 11.9 Å². The average molecular weight is 284 g/mol. The van der Waals surface area contributed by atoms with Gasteiger partial charge in [-0.05, 0) is 37.0 Å². The summed E-state index contributed by atoms with van der Waals surface area (Å²) in [5.41, 5.74) is 8.46. The molecule has 1 atom stereocenters. The van der Waals surface area contributed by atoms with Gasteiger partial charge in [-0.25, -0.2) is 0 Å². The van der Waals surface area contributed by atoms with Crippen molar-refractivity contribution in [1.29, 1.82) is 0 Å². The van der Waals surface area contributed by atoms with Gasteiger partial charge in [0, 0.05) is 0 Å². The van der Waals surface area contributed by atoms with Crippen molar-refractivity contribution in [1.82, 2.24) is 0 Å². The van der Waals surface area contributed by atoms with Crippen molar-refractivity contribution in [3.8, 4) is 0 Å². The van der Waals surface area contributed by atoms with Crippen molar-refractivity contribution in [2.75, 3.05) is 12.3 Å². The van der Waals surface area contributed by atoms with Gasteiger partial charge in [0.15, 0.2) is 0 Å². The fourth-order valence-electron chi connectivity index (χ4n) is 1.83. The maximum absolute atomic E-state index is 11.8. The summed E-state index contributed by atoms with van der Waals surface area (Å²) < 4.78 is 5.21.